The summed E-state index contributed by atoms with van der Waals surface area (Å²) in [6.45, 7) is 1.55. The standard InChI is InChI=1S/C17H13BrN4O/c1-12(23)13-5-7-14(8-6-13)15-11-19-17(16(18)20-15)21-22-9-3-2-4-10-22/h2-11H,1H3/p+1. The Kier molecular flexibility index (Phi) is 4.43. The van der Waals surface area contributed by atoms with Crippen LogP contribution >= 0.6 is 15.9 Å². The quantitative estimate of drug-likeness (QED) is 0.566. The largest absolute Gasteiger partial charge is 0.295 e. The highest BCUT2D eigenvalue weighted by molar-refractivity contribution is 9.10. The summed E-state index contributed by atoms with van der Waals surface area (Å²) in [5.74, 6) is 0.661. The molecule has 0 bridgehead atoms. The van der Waals surface area contributed by atoms with Gasteiger partial charge in [-0.05, 0) is 22.9 Å². The second-order valence-electron chi connectivity index (χ2n) is 4.92. The van der Waals surface area contributed by atoms with Gasteiger partial charge in [-0.15, -0.1) is 5.43 Å². The Labute approximate surface area is 142 Å². The van der Waals surface area contributed by atoms with E-state index >= 15 is 0 Å². The first kappa shape index (κ1) is 15.3. The van der Waals surface area contributed by atoms with Gasteiger partial charge in [-0.2, -0.15) is 0 Å². The van der Waals surface area contributed by atoms with Gasteiger partial charge in [0.25, 0.3) is 0 Å². The lowest BCUT2D eigenvalue weighted by molar-refractivity contribution is -0.643. The van der Waals surface area contributed by atoms with Crippen molar-refractivity contribution in [1.82, 2.24) is 9.97 Å². The molecule has 2 heterocycles. The number of aromatic nitrogens is 3. The van der Waals surface area contributed by atoms with Crippen molar-refractivity contribution in [3.8, 4) is 11.3 Å². The third kappa shape index (κ3) is 3.60. The van der Waals surface area contributed by atoms with Crippen molar-refractivity contribution in [2.75, 3.05) is 5.43 Å². The number of hydrogen-bond acceptors (Lipinski definition) is 4. The molecule has 5 nitrogen and oxygen atoms in total. The number of ketones is 1. The normalized spacial score (nSPS) is 10.3. The summed E-state index contributed by atoms with van der Waals surface area (Å²) in [4.78, 5) is 20.2. The Balaban J connectivity index is 1.85. The zero-order valence-corrected chi connectivity index (χ0v) is 14.0. The second-order valence-corrected chi connectivity index (χ2v) is 5.67. The molecular weight excluding hydrogens is 356 g/mol. The van der Waals surface area contributed by atoms with Gasteiger partial charge >= 0.3 is 0 Å². The summed E-state index contributed by atoms with van der Waals surface area (Å²) >= 11 is 3.44. The van der Waals surface area contributed by atoms with E-state index in [9.17, 15) is 4.79 Å². The van der Waals surface area contributed by atoms with Gasteiger partial charge in [0.1, 0.15) is 0 Å². The molecule has 0 unspecified atom stereocenters. The van der Waals surface area contributed by atoms with Gasteiger partial charge in [-0.25, -0.2) is 9.97 Å². The van der Waals surface area contributed by atoms with Gasteiger partial charge in [-0.1, -0.05) is 35.0 Å². The molecule has 0 amide bonds. The van der Waals surface area contributed by atoms with E-state index in [4.69, 9.17) is 0 Å². The summed E-state index contributed by atoms with van der Waals surface area (Å²) < 4.78 is 2.40. The van der Waals surface area contributed by atoms with Crippen molar-refractivity contribution in [2.24, 2.45) is 0 Å². The van der Waals surface area contributed by atoms with Crippen LogP contribution in [0.4, 0.5) is 5.82 Å². The fourth-order valence-electron chi connectivity index (χ4n) is 2.05. The fourth-order valence-corrected chi connectivity index (χ4v) is 2.43. The number of nitrogens with one attached hydrogen (secondary N) is 1. The van der Waals surface area contributed by atoms with E-state index in [1.165, 1.54) is 0 Å². The average Bonchev–Trinajstić information content (AvgIpc) is 2.58. The lowest BCUT2D eigenvalue weighted by Gasteiger charge is -2.05. The smallest absolute Gasteiger partial charge is 0.218 e. The summed E-state index contributed by atoms with van der Waals surface area (Å²) in [6, 6.07) is 13.1. The first-order valence-corrected chi connectivity index (χ1v) is 7.80. The van der Waals surface area contributed by atoms with Crippen LogP contribution in [0.5, 0.6) is 0 Å². The predicted molar refractivity (Wildman–Crippen MR) is 90.8 cm³/mol. The number of hydrogen-bond donors (Lipinski definition) is 1. The van der Waals surface area contributed by atoms with Gasteiger partial charge in [0.2, 0.25) is 5.82 Å². The number of halogens is 1. The summed E-state index contributed by atoms with van der Waals surface area (Å²) in [6.07, 6.45) is 5.45. The van der Waals surface area contributed by atoms with Crippen LogP contribution in [-0.4, -0.2) is 15.8 Å². The van der Waals surface area contributed by atoms with Crippen LogP contribution in [0.15, 0.2) is 65.7 Å². The molecule has 0 saturated heterocycles. The van der Waals surface area contributed by atoms with E-state index in [1.54, 1.807) is 29.9 Å². The summed E-state index contributed by atoms with van der Waals surface area (Å²) in [5, 5.41) is 0. The molecule has 0 atom stereocenters. The molecule has 3 rings (SSSR count). The number of carbonyl (C=O) groups is 1. The van der Waals surface area contributed by atoms with Crippen LogP contribution in [0.1, 0.15) is 17.3 Å². The monoisotopic (exact) mass is 369 g/mol. The molecular formula is C17H14BrN4O+. The number of anilines is 1. The van der Waals surface area contributed by atoms with Crippen LogP contribution in [0.2, 0.25) is 0 Å². The van der Waals surface area contributed by atoms with E-state index in [-0.39, 0.29) is 5.78 Å². The highest BCUT2D eigenvalue weighted by Crippen LogP contribution is 2.23. The van der Waals surface area contributed by atoms with E-state index < -0.39 is 0 Å². The molecule has 6 heteroatoms. The molecule has 0 aliphatic carbocycles. The zero-order chi connectivity index (χ0) is 16.2. The van der Waals surface area contributed by atoms with Crippen LogP contribution in [0.3, 0.4) is 0 Å². The average molecular weight is 370 g/mol. The molecule has 1 aromatic carbocycles. The van der Waals surface area contributed by atoms with Crippen LogP contribution in [0, 0.1) is 0 Å². The van der Waals surface area contributed by atoms with Gasteiger partial charge in [0, 0.05) is 23.3 Å². The lowest BCUT2D eigenvalue weighted by atomic mass is 10.1. The minimum Gasteiger partial charge on any atom is -0.295 e. The van der Waals surface area contributed by atoms with Gasteiger partial charge in [0.05, 0.1) is 11.9 Å². The van der Waals surface area contributed by atoms with Crippen molar-refractivity contribution in [3.63, 3.8) is 0 Å². The Morgan fingerprint density at radius 1 is 1.13 bits per heavy atom. The topological polar surface area (TPSA) is 58.8 Å². The van der Waals surface area contributed by atoms with Gasteiger partial charge in [0.15, 0.2) is 22.8 Å². The molecule has 0 radical (unpaired) electrons. The third-order valence-electron chi connectivity index (χ3n) is 3.27. The Bertz CT molecular complexity index is 835. The minimum atomic E-state index is 0.0447. The highest BCUT2D eigenvalue weighted by Gasteiger charge is 2.10. The van der Waals surface area contributed by atoms with Crippen molar-refractivity contribution in [3.05, 3.63) is 71.2 Å². The highest BCUT2D eigenvalue weighted by atomic mass is 79.9. The summed E-state index contributed by atoms with van der Waals surface area (Å²) in [5.41, 5.74) is 5.44. The van der Waals surface area contributed by atoms with E-state index in [1.807, 2.05) is 42.7 Å². The minimum absolute atomic E-state index is 0.0447. The molecule has 23 heavy (non-hydrogen) atoms. The molecule has 0 spiro atoms. The van der Waals surface area contributed by atoms with E-state index in [2.05, 4.69) is 31.3 Å². The lowest BCUT2D eigenvalue weighted by Crippen LogP contribution is -2.41. The number of Topliss-reactive ketones (excluding diaryl/α,β-unsaturated/α-hetero) is 1. The zero-order valence-electron chi connectivity index (χ0n) is 12.4. The van der Waals surface area contributed by atoms with Gasteiger partial charge in [-0.3, -0.25) is 4.79 Å². The van der Waals surface area contributed by atoms with Gasteiger partial charge < -0.3 is 0 Å². The maximum absolute atomic E-state index is 11.3. The molecule has 3 aromatic rings. The van der Waals surface area contributed by atoms with E-state index in [0.29, 0.717) is 16.0 Å². The van der Waals surface area contributed by atoms with Crippen LogP contribution in [-0.2, 0) is 0 Å². The van der Waals surface area contributed by atoms with Crippen molar-refractivity contribution < 1.29 is 9.47 Å². The first-order chi connectivity index (χ1) is 11.1. The second kappa shape index (κ2) is 6.66. The number of rotatable bonds is 4. The Morgan fingerprint density at radius 2 is 1.83 bits per heavy atom. The molecule has 0 saturated carbocycles. The molecule has 1 N–H and O–H groups in total. The molecule has 0 aliphatic heterocycles. The molecule has 2 aromatic heterocycles. The first-order valence-electron chi connectivity index (χ1n) is 7.01. The molecule has 0 fully saturated rings. The van der Waals surface area contributed by atoms with Crippen LogP contribution in [0.25, 0.3) is 11.3 Å². The third-order valence-corrected chi connectivity index (χ3v) is 3.82. The molecule has 114 valence electrons. The maximum atomic E-state index is 11.3. The SMILES string of the molecule is CC(=O)c1ccc(-c2cnc(N[n+]3ccccc3)c(Br)n2)cc1. The molecule has 0 aliphatic rings. The van der Waals surface area contributed by atoms with Crippen molar-refractivity contribution >= 4 is 27.5 Å². The van der Waals surface area contributed by atoms with Crippen LogP contribution < -0.4 is 10.1 Å². The number of carbonyl (C=O) groups excluding carboxylic acids is 1. The number of nitrogens with zero attached hydrogens (tertiary/aromatic N) is 3. The summed E-state index contributed by atoms with van der Waals surface area (Å²) in [7, 11) is 0. The van der Waals surface area contributed by atoms with E-state index in [0.717, 1.165) is 11.3 Å². The fraction of sp³-hybridized carbons (Fsp3) is 0.0588. The Hall–Kier alpha value is -2.60. The van der Waals surface area contributed by atoms with Crippen molar-refractivity contribution in [1.29, 1.82) is 0 Å². The maximum Gasteiger partial charge on any atom is 0.218 e. The predicted octanol–water partition coefficient (Wildman–Crippen LogP) is 3.27. The number of benzene rings is 1. The van der Waals surface area contributed by atoms with Crippen molar-refractivity contribution in [2.45, 2.75) is 6.92 Å². The number of pyridine rings is 1. The Morgan fingerprint density at radius 3 is 2.43 bits per heavy atom.